The number of aryl methyl sites for hydroxylation is 1. The number of para-hydroxylation sites is 2. The van der Waals surface area contributed by atoms with E-state index in [4.69, 9.17) is 19.1 Å². The van der Waals surface area contributed by atoms with Crippen LogP contribution in [0.4, 0.5) is 0 Å². The van der Waals surface area contributed by atoms with E-state index in [2.05, 4.69) is 18.7 Å². The first-order chi connectivity index (χ1) is 29.3. The minimum Gasteiger partial charge on any atom is -0.362 e. The number of hydrogen-bond acceptors (Lipinski definition) is 12. The minimum atomic E-state index is -4.69. The van der Waals surface area contributed by atoms with Gasteiger partial charge in [0.05, 0.1) is 34.5 Å². The fourth-order valence-corrected chi connectivity index (χ4v) is 7.87. The molecule has 0 aliphatic heterocycles. The molecular formula is C42H43N7O10S2. The van der Waals surface area contributed by atoms with Crippen molar-refractivity contribution in [2.45, 2.75) is 77.4 Å². The summed E-state index contributed by atoms with van der Waals surface area (Å²) >= 11 is 0. The number of nitrogens with zero attached hydrogens (tertiary/aromatic N) is 7. The molecule has 3 aromatic heterocycles. The summed E-state index contributed by atoms with van der Waals surface area (Å²) in [5, 5.41) is 9.56. The number of rotatable bonds is 20. The van der Waals surface area contributed by atoms with Crippen molar-refractivity contribution in [2.24, 2.45) is 0 Å². The summed E-state index contributed by atoms with van der Waals surface area (Å²) < 4.78 is 76.5. The Morgan fingerprint density at radius 2 is 0.951 bits per heavy atom. The first-order valence-electron chi connectivity index (χ1n) is 19.7. The third-order valence-electron chi connectivity index (χ3n) is 10.0. The summed E-state index contributed by atoms with van der Waals surface area (Å²) in [5.41, 5.74) is 2.37. The molecule has 61 heavy (non-hydrogen) atoms. The molecule has 3 heterocycles. The molecule has 318 valence electrons. The lowest BCUT2D eigenvalue weighted by molar-refractivity contribution is 0.384. The highest BCUT2D eigenvalue weighted by Gasteiger charge is 2.17. The number of aromatic nitrogens is 7. The second-order valence-electron chi connectivity index (χ2n) is 14.5. The van der Waals surface area contributed by atoms with Crippen molar-refractivity contribution in [1.82, 2.24) is 34.1 Å². The van der Waals surface area contributed by atoms with Gasteiger partial charge < -0.3 is 8.37 Å². The molecule has 0 unspecified atom stereocenters. The van der Waals surface area contributed by atoms with E-state index in [-0.39, 0.29) is 29.2 Å². The van der Waals surface area contributed by atoms with Crippen molar-refractivity contribution in [1.29, 1.82) is 0 Å². The summed E-state index contributed by atoms with van der Waals surface area (Å²) in [4.78, 5) is 36.7. The van der Waals surface area contributed by atoms with Crippen molar-refractivity contribution in [2.75, 3.05) is 0 Å². The number of fused-ring (bicyclic) bond motifs is 2. The Kier molecular flexibility index (Phi) is 13.3. The molecule has 0 spiro atoms. The molecule has 0 bridgehead atoms. The predicted molar refractivity (Wildman–Crippen MR) is 228 cm³/mol. The van der Waals surface area contributed by atoms with Gasteiger partial charge in [-0.3, -0.25) is 32.5 Å². The van der Waals surface area contributed by atoms with Gasteiger partial charge in [-0.15, -0.1) is 5.10 Å². The molecule has 0 radical (unpaired) electrons. The van der Waals surface area contributed by atoms with E-state index in [0.717, 1.165) is 57.8 Å². The monoisotopic (exact) mass is 869 g/mol. The van der Waals surface area contributed by atoms with Crippen molar-refractivity contribution in [3.63, 3.8) is 0 Å². The molecular weight excluding hydrogens is 827 g/mol. The molecule has 7 rings (SSSR count). The average Bonchev–Trinajstić information content (AvgIpc) is 3.68. The lowest BCUT2D eigenvalue weighted by atomic mass is 10.1. The van der Waals surface area contributed by atoms with Crippen LogP contribution in [0.1, 0.15) is 63.5 Å². The quantitative estimate of drug-likeness (QED) is 0.0604. The SMILES string of the molecule is O=c1c2ccccc2nc(-c2ccc(OS(=O)(=O)O)cc2)n1CCCCCCCCCCCn1cc(Cn2c(-c3ccc(OS(=O)(=O)O)cc3)nc3ccccc3c2=O)nn1. The van der Waals surface area contributed by atoms with Gasteiger partial charge in [0.25, 0.3) is 11.1 Å². The Hall–Kier alpha value is -6.28. The van der Waals surface area contributed by atoms with Crippen LogP contribution in [0, 0.1) is 0 Å². The summed E-state index contributed by atoms with van der Waals surface area (Å²) in [7, 11) is -9.35. The van der Waals surface area contributed by atoms with Gasteiger partial charge in [0.1, 0.15) is 28.8 Å². The van der Waals surface area contributed by atoms with Gasteiger partial charge >= 0.3 is 20.8 Å². The van der Waals surface area contributed by atoms with Crippen LogP contribution >= 0.6 is 0 Å². The van der Waals surface area contributed by atoms with Crippen molar-refractivity contribution in [3.8, 4) is 34.3 Å². The number of hydrogen-bond donors (Lipinski definition) is 2. The third-order valence-corrected chi connectivity index (χ3v) is 10.8. The summed E-state index contributed by atoms with van der Waals surface area (Å²) in [5.74, 6) is 0.662. The molecule has 0 saturated heterocycles. The molecule has 0 aliphatic rings. The van der Waals surface area contributed by atoms with Gasteiger partial charge in [-0.2, -0.15) is 16.8 Å². The smallest absolute Gasteiger partial charge is 0.362 e. The molecule has 0 aliphatic carbocycles. The standard InChI is InChI=1S/C42H43N7O10S2/c50-41-35-14-8-10-16-37(35)43-39(30-18-22-33(23-19-30)58-60(52,53)54)48(41)27-13-7-5-3-1-2-4-6-12-26-47-28-32(45-46-47)29-49-40(44-38-17-11-9-15-36(38)42(49)51)31-20-24-34(25-21-31)59-61(55,56)57/h8-11,14-25,28H,1-7,12-13,26-27,29H2,(H,52,53,54)(H,55,56,57). The topological polar surface area (TPSA) is 228 Å². The van der Waals surface area contributed by atoms with E-state index in [1.165, 1.54) is 28.8 Å². The fourth-order valence-electron chi connectivity index (χ4n) is 7.16. The molecule has 2 N–H and O–H groups in total. The average molecular weight is 870 g/mol. The first kappa shape index (κ1) is 42.8. The molecule has 0 amide bonds. The van der Waals surface area contributed by atoms with Gasteiger partial charge in [-0.05, 0) is 85.6 Å². The van der Waals surface area contributed by atoms with E-state index < -0.39 is 20.8 Å². The van der Waals surface area contributed by atoms with Crippen LogP contribution in [0.5, 0.6) is 11.5 Å². The predicted octanol–water partition coefficient (Wildman–Crippen LogP) is 6.65. The highest BCUT2D eigenvalue weighted by atomic mass is 32.3. The molecule has 4 aromatic carbocycles. The Balaban J connectivity index is 0.863. The molecule has 17 nitrogen and oxygen atoms in total. The molecule has 7 aromatic rings. The third kappa shape index (κ3) is 11.3. The zero-order valence-corrected chi connectivity index (χ0v) is 34.5. The lowest BCUT2D eigenvalue weighted by Crippen LogP contribution is -2.24. The van der Waals surface area contributed by atoms with Crippen LogP contribution in [0.2, 0.25) is 0 Å². The van der Waals surface area contributed by atoms with E-state index in [0.29, 0.717) is 63.4 Å². The van der Waals surface area contributed by atoms with Gasteiger partial charge in [-0.1, -0.05) is 74.4 Å². The zero-order chi connectivity index (χ0) is 43.0. The zero-order valence-electron chi connectivity index (χ0n) is 32.9. The van der Waals surface area contributed by atoms with Crippen LogP contribution < -0.4 is 19.5 Å². The Bertz CT molecular complexity index is 2990. The maximum absolute atomic E-state index is 13.7. The normalized spacial score (nSPS) is 12.0. The van der Waals surface area contributed by atoms with Crippen molar-refractivity contribution in [3.05, 3.63) is 130 Å². The Labute approximate surface area is 351 Å². The summed E-state index contributed by atoms with van der Waals surface area (Å²) in [6.45, 7) is 1.26. The van der Waals surface area contributed by atoms with Crippen LogP contribution in [-0.4, -0.2) is 60.0 Å². The van der Waals surface area contributed by atoms with E-state index in [9.17, 15) is 26.4 Å². The second-order valence-corrected chi connectivity index (χ2v) is 16.5. The maximum atomic E-state index is 13.7. The summed E-state index contributed by atoms with van der Waals surface area (Å²) in [6.07, 6.45) is 10.9. The second kappa shape index (κ2) is 19.0. The van der Waals surface area contributed by atoms with Gasteiger partial charge in [0.15, 0.2) is 0 Å². The molecule has 0 fully saturated rings. The van der Waals surface area contributed by atoms with E-state index in [1.807, 2.05) is 12.3 Å². The maximum Gasteiger partial charge on any atom is 0.446 e. The van der Waals surface area contributed by atoms with Crippen molar-refractivity contribution < 1.29 is 34.3 Å². The largest absolute Gasteiger partial charge is 0.446 e. The minimum absolute atomic E-state index is 0.0599. The highest BCUT2D eigenvalue weighted by molar-refractivity contribution is 7.81. The van der Waals surface area contributed by atoms with Crippen LogP contribution in [0.25, 0.3) is 44.6 Å². The Morgan fingerprint density at radius 1 is 0.525 bits per heavy atom. The summed E-state index contributed by atoms with van der Waals surface area (Å²) in [6, 6.07) is 26.0. The van der Waals surface area contributed by atoms with Gasteiger partial charge in [-0.25, -0.2) is 9.97 Å². The molecule has 0 atom stereocenters. The lowest BCUT2D eigenvalue weighted by Gasteiger charge is -2.14. The van der Waals surface area contributed by atoms with Crippen LogP contribution in [0.15, 0.2) is 113 Å². The van der Waals surface area contributed by atoms with Gasteiger partial charge in [0, 0.05) is 24.2 Å². The molecule has 19 heteroatoms. The number of benzene rings is 4. The van der Waals surface area contributed by atoms with Crippen LogP contribution in [0.3, 0.4) is 0 Å². The number of unbranched alkanes of at least 4 members (excludes halogenated alkanes) is 8. The molecule has 0 saturated carbocycles. The fraction of sp³-hybridized carbons (Fsp3) is 0.286. The van der Waals surface area contributed by atoms with E-state index >= 15 is 0 Å². The highest BCUT2D eigenvalue weighted by Crippen LogP contribution is 2.25. The van der Waals surface area contributed by atoms with E-state index in [1.54, 1.807) is 76.0 Å². The first-order valence-corrected chi connectivity index (χ1v) is 22.5. The Morgan fingerprint density at radius 3 is 1.44 bits per heavy atom. The van der Waals surface area contributed by atoms with Crippen molar-refractivity contribution >= 4 is 42.6 Å². The van der Waals surface area contributed by atoms with Gasteiger partial charge in [0.2, 0.25) is 0 Å². The van der Waals surface area contributed by atoms with Crippen LogP contribution in [-0.2, 0) is 40.4 Å².